The lowest BCUT2D eigenvalue weighted by Gasteiger charge is -2.21. The van der Waals surface area contributed by atoms with Crippen LogP contribution in [0.2, 0.25) is 0 Å². The van der Waals surface area contributed by atoms with Gasteiger partial charge in [-0.2, -0.15) is 5.17 Å². The zero-order valence-corrected chi connectivity index (χ0v) is 6.58. The molecule has 11 heavy (non-hydrogen) atoms. The van der Waals surface area contributed by atoms with Gasteiger partial charge in [0, 0.05) is 12.7 Å². The molecule has 0 saturated carbocycles. The van der Waals surface area contributed by atoms with Crippen molar-refractivity contribution in [2.45, 2.75) is 6.92 Å². The van der Waals surface area contributed by atoms with Crippen molar-refractivity contribution in [2.75, 3.05) is 13.2 Å². The Labute approximate surface area is 66.2 Å². The largest absolute Gasteiger partial charge is 0.326 e. The third kappa shape index (κ3) is 2.25. The topological polar surface area (TPSA) is 50.5 Å². The molecule has 0 aromatic rings. The van der Waals surface area contributed by atoms with Gasteiger partial charge in [0.25, 0.3) is 0 Å². The third-order valence-corrected chi connectivity index (χ3v) is 1.31. The smallest absolute Gasteiger partial charge is 0.0742 e. The average Bonchev–Trinajstić information content (AvgIpc) is 2.07. The van der Waals surface area contributed by atoms with Gasteiger partial charge in [-0.1, -0.05) is 0 Å². The predicted octanol–water partition coefficient (Wildman–Crippen LogP) is 0.114. The molecule has 0 spiro atoms. The first-order valence-electron chi connectivity index (χ1n) is 3.62. The highest BCUT2D eigenvalue weighted by Gasteiger charge is 2.00. The Balaban J connectivity index is 2.37. The number of nitrogens with two attached hydrogens (primary N) is 1. The number of hydrogen-bond donors (Lipinski definition) is 2. The number of hydroxylamine groups is 1. The van der Waals surface area contributed by atoms with Crippen molar-refractivity contribution in [2.24, 2.45) is 5.73 Å². The molecular formula is C7H13N3O. The quantitative estimate of drug-likeness (QED) is 0.607. The Morgan fingerprint density at radius 1 is 1.73 bits per heavy atom. The summed E-state index contributed by atoms with van der Waals surface area (Å²) in [6.07, 6.45) is 5.52. The molecule has 1 aliphatic rings. The van der Waals surface area contributed by atoms with E-state index in [0.29, 0.717) is 13.2 Å². The molecule has 1 heterocycles. The first-order valence-corrected chi connectivity index (χ1v) is 3.62. The molecule has 4 nitrogen and oxygen atoms in total. The number of nitrogens with one attached hydrogen (secondary N) is 1. The van der Waals surface area contributed by atoms with Crippen LogP contribution in [0.25, 0.3) is 0 Å². The number of rotatable bonds is 3. The van der Waals surface area contributed by atoms with E-state index in [1.54, 1.807) is 11.4 Å². The fourth-order valence-corrected chi connectivity index (χ4v) is 0.747. The average molecular weight is 155 g/mol. The molecule has 0 atom stereocenters. The van der Waals surface area contributed by atoms with E-state index in [-0.39, 0.29) is 0 Å². The molecule has 0 bridgehead atoms. The van der Waals surface area contributed by atoms with Crippen LogP contribution >= 0.6 is 0 Å². The highest BCUT2D eigenvalue weighted by molar-refractivity contribution is 5.20. The van der Waals surface area contributed by atoms with Crippen molar-refractivity contribution in [1.82, 2.24) is 10.6 Å². The predicted molar refractivity (Wildman–Crippen MR) is 42.9 cm³/mol. The molecule has 0 aromatic heterocycles. The Bertz CT molecular complexity index is 177. The molecule has 0 unspecified atom stereocenters. The van der Waals surface area contributed by atoms with E-state index in [9.17, 15) is 0 Å². The minimum absolute atomic E-state index is 0.545. The molecule has 0 fully saturated rings. The third-order valence-electron chi connectivity index (χ3n) is 1.31. The summed E-state index contributed by atoms with van der Waals surface area (Å²) in [5, 5.41) is 1.54. The lowest BCUT2D eigenvalue weighted by atomic mass is 10.3. The summed E-state index contributed by atoms with van der Waals surface area (Å²) in [7, 11) is 0. The van der Waals surface area contributed by atoms with Gasteiger partial charge in [-0.15, -0.1) is 0 Å². The molecule has 0 radical (unpaired) electrons. The Kier molecular flexibility index (Phi) is 2.95. The summed E-state index contributed by atoms with van der Waals surface area (Å²) < 4.78 is 0. The molecule has 0 aliphatic carbocycles. The summed E-state index contributed by atoms with van der Waals surface area (Å²) in [5.74, 6) is 0. The second-order valence-electron chi connectivity index (χ2n) is 2.11. The van der Waals surface area contributed by atoms with Crippen LogP contribution in [0.3, 0.4) is 0 Å². The van der Waals surface area contributed by atoms with Crippen molar-refractivity contribution < 1.29 is 4.84 Å². The molecule has 0 aromatic carbocycles. The van der Waals surface area contributed by atoms with Gasteiger partial charge in [0.2, 0.25) is 0 Å². The monoisotopic (exact) mass is 155 g/mol. The van der Waals surface area contributed by atoms with Crippen LogP contribution in [-0.4, -0.2) is 18.3 Å². The minimum Gasteiger partial charge on any atom is -0.326 e. The van der Waals surface area contributed by atoms with Crippen molar-refractivity contribution in [3.8, 4) is 0 Å². The zero-order valence-electron chi connectivity index (χ0n) is 6.58. The first kappa shape index (κ1) is 8.10. The minimum atomic E-state index is 0.545. The summed E-state index contributed by atoms with van der Waals surface area (Å²) in [6, 6.07) is 0. The molecule has 62 valence electrons. The molecule has 0 saturated heterocycles. The maximum atomic E-state index is 5.40. The van der Waals surface area contributed by atoms with Crippen LogP contribution in [0, 0.1) is 0 Å². The van der Waals surface area contributed by atoms with Crippen molar-refractivity contribution >= 4 is 0 Å². The van der Waals surface area contributed by atoms with E-state index in [1.807, 2.05) is 19.2 Å². The maximum absolute atomic E-state index is 5.40. The summed E-state index contributed by atoms with van der Waals surface area (Å²) in [5.41, 5.74) is 9.36. The Morgan fingerprint density at radius 3 is 3.00 bits per heavy atom. The summed E-state index contributed by atoms with van der Waals surface area (Å²) in [4.78, 5) is 5.13. The molecule has 1 aliphatic heterocycles. The zero-order chi connectivity index (χ0) is 8.10. The van der Waals surface area contributed by atoms with Gasteiger partial charge in [-0.05, 0) is 18.6 Å². The number of hydrazine groups is 1. The van der Waals surface area contributed by atoms with Gasteiger partial charge in [-0.3, -0.25) is 10.3 Å². The van der Waals surface area contributed by atoms with Crippen LogP contribution in [0.4, 0.5) is 0 Å². The van der Waals surface area contributed by atoms with Crippen molar-refractivity contribution in [1.29, 1.82) is 0 Å². The lowest BCUT2D eigenvalue weighted by Crippen LogP contribution is -2.32. The summed E-state index contributed by atoms with van der Waals surface area (Å²) in [6.45, 7) is 3.12. The highest BCUT2D eigenvalue weighted by atomic mass is 16.7. The van der Waals surface area contributed by atoms with E-state index < -0.39 is 0 Å². The Hall–Kier alpha value is -1.00. The van der Waals surface area contributed by atoms with Gasteiger partial charge in [0.05, 0.1) is 12.8 Å². The standard InChI is InChI=1S/C7H13N3O/c1-2-11-10-4-3-7(5-8)6-9-10/h3-4,6,9H,2,5,8H2,1H3. The van der Waals surface area contributed by atoms with Crippen LogP contribution in [0.5, 0.6) is 0 Å². The molecule has 4 heteroatoms. The molecule has 1 rings (SSSR count). The van der Waals surface area contributed by atoms with Gasteiger partial charge >= 0.3 is 0 Å². The van der Waals surface area contributed by atoms with Crippen LogP contribution < -0.4 is 11.2 Å². The molecule has 0 amide bonds. The number of nitrogens with zero attached hydrogens (tertiary/aromatic N) is 1. The van der Waals surface area contributed by atoms with Gasteiger partial charge in [0.1, 0.15) is 0 Å². The van der Waals surface area contributed by atoms with Gasteiger partial charge in [0.15, 0.2) is 0 Å². The van der Waals surface area contributed by atoms with E-state index >= 15 is 0 Å². The highest BCUT2D eigenvalue weighted by Crippen LogP contribution is 2.00. The molecule has 3 N–H and O–H groups in total. The summed E-state index contributed by atoms with van der Waals surface area (Å²) >= 11 is 0. The fraction of sp³-hybridized carbons (Fsp3) is 0.429. The second-order valence-corrected chi connectivity index (χ2v) is 2.11. The van der Waals surface area contributed by atoms with E-state index in [1.165, 1.54) is 0 Å². The van der Waals surface area contributed by atoms with Crippen LogP contribution in [0.15, 0.2) is 24.0 Å². The molecular weight excluding hydrogens is 142 g/mol. The van der Waals surface area contributed by atoms with Gasteiger partial charge < -0.3 is 5.73 Å². The lowest BCUT2D eigenvalue weighted by molar-refractivity contribution is -0.143. The van der Waals surface area contributed by atoms with E-state index in [0.717, 1.165) is 5.57 Å². The normalized spacial score (nSPS) is 16.2. The van der Waals surface area contributed by atoms with E-state index in [2.05, 4.69) is 5.43 Å². The number of hydrogen-bond acceptors (Lipinski definition) is 4. The van der Waals surface area contributed by atoms with Gasteiger partial charge in [-0.25, -0.2) is 0 Å². The Morgan fingerprint density at radius 2 is 2.55 bits per heavy atom. The second kappa shape index (κ2) is 4.00. The van der Waals surface area contributed by atoms with Crippen molar-refractivity contribution in [3.05, 3.63) is 24.0 Å². The van der Waals surface area contributed by atoms with E-state index in [4.69, 9.17) is 10.6 Å². The van der Waals surface area contributed by atoms with Crippen LogP contribution in [0.1, 0.15) is 6.92 Å². The van der Waals surface area contributed by atoms with Crippen LogP contribution in [-0.2, 0) is 4.84 Å². The fourth-order valence-electron chi connectivity index (χ4n) is 0.747. The van der Waals surface area contributed by atoms with Crippen molar-refractivity contribution in [3.63, 3.8) is 0 Å². The maximum Gasteiger partial charge on any atom is 0.0742 e. The first-order chi connectivity index (χ1) is 5.36. The SMILES string of the molecule is CCON1C=CC(CN)=CN1.